The van der Waals surface area contributed by atoms with Crippen molar-refractivity contribution < 1.29 is 13.9 Å². The molecule has 0 unspecified atom stereocenters. The maximum Gasteiger partial charge on any atom is 0.330 e. The van der Waals surface area contributed by atoms with Crippen LogP contribution < -0.4 is 11.2 Å². The molecule has 4 aromatic rings. The van der Waals surface area contributed by atoms with Crippen LogP contribution in [0.1, 0.15) is 22.9 Å². The van der Waals surface area contributed by atoms with Crippen LogP contribution in [-0.2, 0) is 15.1 Å². The summed E-state index contributed by atoms with van der Waals surface area (Å²) in [6.45, 7) is 0.0146. The average Bonchev–Trinajstić information content (AvgIpc) is 3.26. The number of nitrogens with zero attached hydrogens (tertiary/aromatic N) is 1. The predicted octanol–water partition coefficient (Wildman–Crippen LogP) is 4.30. The molecular weight excluding hydrogens is 447 g/mol. The fourth-order valence-corrected chi connectivity index (χ4v) is 4.40. The molecule has 6 nitrogen and oxygen atoms in total. The van der Waals surface area contributed by atoms with E-state index in [9.17, 15) is 14.0 Å². The summed E-state index contributed by atoms with van der Waals surface area (Å²) < 4.78 is 28.3. The van der Waals surface area contributed by atoms with Crippen molar-refractivity contribution in [2.45, 2.75) is 17.9 Å². The van der Waals surface area contributed by atoms with Gasteiger partial charge in [0.1, 0.15) is 17.5 Å². The van der Waals surface area contributed by atoms with E-state index in [1.54, 1.807) is 0 Å². The maximum atomic E-state index is 14.8. The zero-order valence-electron chi connectivity index (χ0n) is 18.7. The van der Waals surface area contributed by atoms with Crippen LogP contribution in [0.5, 0.6) is 0 Å². The van der Waals surface area contributed by atoms with E-state index in [0.29, 0.717) is 0 Å². The van der Waals surface area contributed by atoms with Crippen LogP contribution in [0.4, 0.5) is 4.39 Å². The molecule has 0 aliphatic carbocycles. The fraction of sp³-hybridized carbons (Fsp3) is 0.143. The van der Waals surface area contributed by atoms with Crippen LogP contribution in [0, 0.1) is 0 Å². The summed E-state index contributed by atoms with van der Waals surface area (Å²) >= 11 is 0. The minimum atomic E-state index is -1.27. The molecule has 1 N–H and O–H groups in total. The molecule has 0 fully saturated rings. The van der Waals surface area contributed by atoms with Gasteiger partial charge in [0, 0.05) is 12.3 Å². The van der Waals surface area contributed by atoms with E-state index >= 15 is 0 Å². The number of rotatable bonds is 7. The van der Waals surface area contributed by atoms with E-state index in [1.807, 2.05) is 91.0 Å². The maximum absolute atomic E-state index is 14.8. The largest absolute Gasteiger partial charge is 0.358 e. The van der Waals surface area contributed by atoms with Crippen molar-refractivity contribution in [3.05, 3.63) is 153 Å². The Morgan fingerprint density at radius 1 is 0.829 bits per heavy atom. The Morgan fingerprint density at radius 2 is 1.34 bits per heavy atom. The van der Waals surface area contributed by atoms with Gasteiger partial charge < -0.3 is 9.47 Å². The molecular formula is C28H23FN2O4. The fourth-order valence-electron chi connectivity index (χ4n) is 4.40. The van der Waals surface area contributed by atoms with Gasteiger partial charge in [0.25, 0.3) is 5.56 Å². The Bertz CT molecular complexity index is 1340. The van der Waals surface area contributed by atoms with Gasteiger partial charge in [-0.2, -0.15) is 0 Å². The second-order valence-corrected chi connectivity index (χ2v) is 8.19. The van der Waals surface area contributed by atoms with Crippen molar-refractivity contribution in [3.63, 3.8) is 0 Å². The number of H-pyrrole nitrogens is 1. The highest BCUT2D eigenvalue weighted by Crippen LogP contribution is 2.41. The molecule has 1 aromatic heterocycles. The molecule has 2 atom stereocenters. The molecule has 0 bridgehead atoms. The van der Waals surface area contributed by atoms with Gasteiger partial charge in [-0.25, -0.2) is 9.18 Å². The Labute approximate surface area is 200 Å². The monoisotopic (exact) mass is 470 g/mol. The van der Waals surface area contributed by atoms with Crippen LogP contribution in [0.25, 0.3) is 0 Å². The molecule has 1 aliphatic heterocycles. The number of aromatic nitrogens is 2. The zero-order chi connectivity index (χ0) is 24.3. The van der Waals surface area contributed by atoms with Gasteiger partial charge in [0.15, 0.2) is 6.23 Å². The number of ether oxygens (including phenoxy) is 2. The van der Waals surface area contributed by atoms with Crippen LogP contribution in [0.2, 0.25) is 0 Å². The SMILES string of the molecule is O=c1ccn([C@H]2O[C@@H](COC(c3ccccc3)(c3ccccc3)c3ccccc3)C=C2F)c(=O)[nH]1. The van der Waals surface area contributed by atoms with Crippen LogP contribution >= 0.6 is 0 Å². The number of benzene rings is 3. The van der Waals surface area contributed by atoms with Crippen molar-refractivity contribution in [2.24, 2.45) is 0 Å². The molecule has 0 saturated carbocycles. The molecule has 176 valence electrons. The van der Waals surface area contributed by atoms with Gasteiger partial charge in [-0.05, 0) is 22.8 Å². The van der Waals surface area contributed by atoms with Gasteiger partial charge in [0.2, 0.25) is 0 Å². The third-order valence-electron chi connectivity index (χ3n) is 5.99. The summed E-state index contributed by atoms with van der Waals surface area (Å²) in [6.07, 6.45) is 0.486. The first-order chi connectivity index (χ1) is 17.1. The van der Waals surface area contributed by atoms with E-state index in [2.05, 4.69) is 4.98 Å². The molecule has 0 radical (unpaired) electrons. The van der Waals surface area contributed by atoms with E-state index in [4.69, 9.17) is 9.47 Å². The first-order valence-corrected chi connectivity index (χ1v) is 11.2. The smallest absolute Gasteiger partial charge is 0.330 e. The minimum absolute atomic E-state index is 0.0146. The minimum Gasteiger partial charge on any atom is -0.358 e. The van der Waals surface area contributed by atoms with Crippen molar-refractivity contribution in [1.29, 1.82) is 0 Å². The summed E-state index contributed by atoms with van der Waals surface area (Å²) in [6, 6.07) is 30.6. The molecule has 1 aliphatic rings. The molecule has 7 heteroatoms. The van der Waals surface area contributed by atoms with E-state index in [1.165, 1.54) is 12.3 Å². The third-order valence-corrected chi connectivity index (χ3v) is 5.99. The lowest BCUT2D eigenvalue weighted by molar-refractivity contribution is -0.0731. The first-order valence-electron chi connectivity index (χ1n) is 11.2. The lowest BCUT2D eigenvalue weighted by Gasteiger charge is -2.36. The summed E-state index contributed by atoms with van der Waals surface area (Å²) in [4.78, 5) is 25.7. The first kappa shape index (κ1) is 22.7. The quantitative estimate of drug-likeness (QED) is 0.409. The third kappa shape index (κ3) is 4.39. The predicted molar refractivity (Wildman–Crippen MR) is 130 cm³/mol. The topological polar surface area (TPSA) is 73.3 Å². The van der Waals surface area contributed by atoms with E-state index in [0.717, 1.165) is 27.3 Å². The molecule has 0 saturated heterocycles. The molecule has 0 spiro atoms. The van der Waals surface area contributed by atoms with Crippen LogP contribution in [0.3, 0.4) is 0 Å². The van der Waals surface area contributed by atoms with Gasteiger partial charge >= 0.3 is 5.69 Å². The van der Waals surface area contributed by atoms with Crippen molar-refractivity contribution in [3.8, 4) is 0 Å². The van der Waals surface area contributed by atoms with Crippen LogP contribution in [0.15, 0.2) is 125 Å². The second kappa shape index (κ2) is 9.66. The Hall–Kier alpha value is -4.07. The highest BCUT2D eigenvalue weighted by atomic mass is 19.1. The summed E-state index contributed by atoms with van der Waals surface area (Å²) in [5.74, 6) is -0.627. The lowest BCUT2D eigenvalue weighted by Crippen LogP contribution is -2.36. The number of halogens is 1. The summed E-state index contributed by atoms with van der Waals surface area (Å²) in [5.41, 5.74) is 0.436. The number of hydrogen-bond donors (Lipinski definition) is 1. The van der Waals surface area contributed by atoms with Gasteiger partial charge in [-0.3, -0.25) is 14.3 Å². The second-order valence-electron chi connectivity index (χ2n) is 8.19. The number of aromatic amines is 1. The van der Waals surface area contributed by atoms with Crippen molar-refractivity contribution in [1.82, 2.24) is 9.55 Å². The molecule has 3 aromatic carbocycles. The Morgan fingerprint density at radius 3 is 1.83 bits per heavy atom. The van der Waals surface area contributed by atoms with Gasteiger partial charge in [0.05, 0.1) is 6.61 Å². The Kier molecular flexibility index (Phi) is 6.27. The summed E-state index contributed by atoms with van der Waals surface area (Å²) in [5, 5.41) is 0. The summed E-state index contributed by atoms with van der Waals surface area (Å²) in [7, 11) is 0. The molecule has 2 heterocycles. The zero-order valence-corrected chi connectivity index (χ0v) is 18.7. The van der Waals surface area contributed by atoms with Crippen molar-refractivity contribution in [2.75, 3.05) is 6.61 Å². The van der Waals surface area contributed by atoms with E-state index in [-0.39, 0.29) is 6.61 Å². The van der Waals surface area contributed by atoms with E-state index < -0.39 is 35.0 Å². The molecule has 5 rings (SSSR count). The van der Waals surface area contributed by atoms with Crippen molar-refractivity contribution >= 4 is 0 Å². The molecule has 35 heavy (non-hydrogen) atoms. The highest BCUT2D eigenvalue weighted by molar-refractivity contribution is 5.47. The molecule has 0 amide bonds. The highest BCUT2D eigenvalue weighted by Gasteiger charge is 2.39. The lowest BCUT2D eigenvalue weighted by atomic mass is 9.80. The standard InChI is InChI=1S/C28H23FN2O4/c29-24-18-23(35-26(24)31-17-16-25(32)30-27(31)33)19-34-28(20-10-4-1-5-11-20,21-12-6-2-7-13-21)22-14-8-3-9-15-22/h1-18,23,26H,19H2,(H,30,32,33)/t23-,26+/m1/s1. The normalized spacial score (nSPS) is 17.8. The number of hydrogen-bond acceptors (Lipinski definition) is 4. The van der Waals surface area contributed by atoms with Gasteiger partial charge in [-0.15, -0.1) is 0 Å². The van der Waals surface area contributed by atoms with Crippen LogP contribution in [-0.4, -0.2) is 22.3 Å². The number of nitrogens with one attached hydrogen (secondary N) is 1. The average molecular weight is 471 g/mol. The van der Waals surface area contributed by atoms with Gasteiger partial charge in [-0.1, -0.05) is 91.0 Å². The Balaban J connectivity index is 1.51.